The van der Waals surface area contributed by atoms with Crippen molar-refractivity contribution in [3.8, 4) is 0 Å². The van der Waals surface area contributed by atoms with Gasteiger partial charge in [0.25, 0.3) is 0 Å². The first-order valence-electron chi connectivity index (χ1n) is 5.48. The van der Waals surface area contributed by atoms with Crippen LogP contribution in [0.2, 0.25) is 0 Å². The van der Waals surface area contributed by atoms with Gasteiger partial charge in [0, 0.05) is 30.3 Å². The molecule has 0 aliphatic heterocycles. The Kier molecular flexibility index (Phi) is 4.64. The zero-order valence-corrected chi connectivity index (χ0v) is 12.3. The highest BCUT2D eigenvalue weighted by Gasteiger charge is 2.24. The Balaban J connectivity index is 3.05. The number of rotatable bonds is 5. The van der Waals surface area contributed by atoms with E-state index in [0.717, 1.165) is 0 Å². The molecule has 100 valence electrons. The van der Waals surface area contributed by atoms with Crippen LogP contribution in [0, 0.1) is 15.5 Å². The molecule has 0 atom stereocenters. The van der Waals surface area contributed by atoms with Gasteiger partial charge in [-0.15, -0.1) is 0 Å². The second-order valence-electron chi connectivity index (χ2n) is 4.98. The van der Waals surface area contributed by atoms with Crippen LogP contribution < -0.4 is 10.6 Å². The minimum Gasteiger partial charge on any atom is -0.353 e. The summed E-state index contributed by atoms with van der Waals surface area (Å²) in [5.41, 5.74) is 5.52. The summed E-state index contributed by atoms with van der Waals surface area (Å²) in [4.78, 5) is 16.5. The molecule has 1 rings (SSSR count). The first-order chi connectivity index (χ1) is 8.26. The van der Waals surface area contributed by atoms with E-state index in [1.165, 1.54) is 6.07 Å². The predicted octanol–water partition coefficient (Wildman–Crippen LogP) is 2.17. The van der Waals surface area contributed by atoms with Crippen molar-refractivity contribution in [2.24, 2.45) is 11.1 Å². The lowest BCUT2D eigenvalue weighted by molar-refractivity contribution is -0.384. The van der Waals surface area contributed by atoms with Crippen molar-refractivity contribution < 1.29 is 4.92 Å². The number of anilines is 1. The van der Waals surface area contributed by atoms with Gasteiger partial charge in [0.2, 0.25) is 5.82 Å². The molecule has 0 saturated heterocycles. The predicted molar refractivity (Wildman–Crippen MR) is 74.7 cm³/mol. The topological polar surface area (TPSA) is 85.3 Å². The number of nitro groups is 1. The van der Waals surface area contributed by atoms with Crippen LogP contribution in [-0.2, 0) is 0 Å². The third-order valence-electron chi connectivity index (χ3n) is 2.59. The maximum absolute atomic E-state index is 11.0. The molecule has 0 spiro atoms. The van der Waals surface area contributed by atoms with E-state index in [9.17, 15) is 10.1 Å². The summed E-state index contributed by atoms with van der Waals surface area (Å²) in [7, 11) is 1.78. The third-order valence-corrected chi connectivity index (χ3v) is 3.02. The average molecular weight is 317 g/mol. The Hall–Kier alpha value is -1.21. The van der Waals surface area contributed by atoms with Crippen LogP contribution in [0.15, 0.2) is 16.7 Å². The van der Waals surface area contributed by atoms with Crippen LogP contribution in [0.3, 0.4) is 0 Å². The normalized spacial score (nSPS) is 11.4. The number of hydrogen-bond donors (Lipinski definition) is 1. The highest BCUT2D eigenvalue weighted by molar-refractivity contribution is 9.10. The van der Waals surface area contributed by atoms with E-state index in [4.69, 9.17) is 5.73 Å². The summed E-state index contributed by atoms with van der Waals surface area (Å²) < 4.78 is 0.587. The molecular weight excluding hydrogens is 300 g/mol. The lowest BCUT2D eigenvalue weighted by Crippen LogP contribution is -2.37. The summed E-state index contributed by atoms with van der Waals surface area (Å²) in [6.45, 7) is 5.11. The van der Waals surface area contributed by atoms with Crippen molar-refractivity contribution in [2.75, 3.05) is 25.0 Å². The minimum absolute atomic E-state index is 0.0142. The van der Waals surface area contributed by atoms with Crippen molar-refractivity contribution >= 4 is 27.4 Å². The molecule has 0 bridgehead atoms. The zero-order chi connectivity index (χ0) is 13.9. The number of aromatic nitrogens is 1. The Morgan fingerprint density at radius 2 is 2.22 bits per heavy atom. The van der Waals surface area contributed by atoms with Gasteiger partial charge in [0.1, 0.15) is 0 Å². The number of nitrogens with two attached hydrogens (primary N) is 1. The van der Waals surface area contributed by atoms with Crippen LogP contribution in [0.1, 0.15) is 13.8 Å². The van der Waals surface area contributed by atoms with Gasteiger partial charge in [-0.2, -0.15) is 0 Å². The smallest absolute Gasteiger partial charge is 0.312 e. The maximum atomic E-state index is 11.0. The van der Waals surface area contributed by atoms with Crippen LogP contribution in [0.4, 0.5) is 11.5 Å². The van der Waals surface area contributed by atoms with E-state index >= 15 is 0 Å². The second-order valence-corrected chi connectivity index (χ2v) is 5.89. The van der Waals surface area contributed by atoms with Gasteiger partial charge >= 0.3 is 5.69 Å². The molecule has 0 radical (unpaired) electrons. The van der Waals surface area contributed by atoms with Gasteiger partial charge in [-0.1, -0.05) is 13.8 Å². The van der Waals surface area contributed by atoms with Gasteiger partial charge in [-0.25, -0.2) is 4.98 Å². The minimum atomic E-state index is -0.432. The van der Waals surface area contributed by atoms with E-state index < -0.39 is 4.92 Å². The molecule has 0 amide bonds. The van der Waals surface area contributed by atoms with Crippen molar-refractivity contribution in [3.05, 3.63) is 26.9 Å². The highest BCUT2D eigenvalue weighted by Crippen LogP contribution is 2.29. The fourth-order valence-corrected chi connectivity index (χ4v) is 1.95. The number of halogens is 1. The second kappa shape index (κ2) is 5.62. The molecule has 7 heteroatoms. The summed E-state index contributed by atoms with van der Waals surface area (Å²) >= 11 is 3.18. The molecule has 0 aliphatic carbocycles. The first-order valence-corrected chi connectivity index (χ1v) is 6.27. The van der Waals surface area contributed by atoms with Crippen LogP contribution in [-0.4, -0.2) is 30.0 Å². The monoisotopic (exact) mass is 316 g/mol. The van der Waals surface area contributed by atoms with E-state index in [1.54, 1.807) is 18.1 Å². The fourth-order valence-electron chi connectivity index (χ4n) is 1.63. The lowest BCUT2D eigenvalue weighted by Gasteiger charge is -2.29. The third kappa shape index (κ3) is 3.64. The molecule has 0 saturated carbocycles. The van der Waals surface area contributed by atoms with Gasteiger partial charge < -0.3 is 10.6 Å². The lowest BCUT2D eigenvalue weighted by atomic mass is 9.93. The number of hydrogen-bond acceptors (Lipinski definition) is 5. The zero-order valence-electron chi connectivity index (χ0n) is 10.7. The fraction of sp³-hybridized carbons (Fsp3) is 0.545. The molecule has 1 aromatic heterocycles. The standard InChI is InChI=1S/C11H17BrN4O2/c1-11(2,6-13)7-15(3)10-9(16(17)18)4-8(12)5-14-10/h4-5H,6-7,13H2,1-3H3. The number of nitrogens with zero attached hydrogens (tertiary/aromatic N) is 3. The van der Waals surface area contributed by atoms with Gasteiger partial charge in [0.05, 0.1) is 4.92 Å². The van der Waals surface area contributed by atoms with E-state index in [-0.39, 0.29) is 11.1 Å². The molecule has 0 aromatic carbocycles. The number of pyridine rings is 1. The van der Waals surface area contributed by atoms with Gasteiger partial charge in [-0.3, -0.25) is 10.1 Å². The van der Waals surface area contributed by atoms with Gasteiger partial charge in [0.15, 0.2) is 0 Å². The highest BCUT2D eigenvalue weighted by atomic mass is 79.9. The molecule has 2 N–H and O–H groups in total. The van der Waals surface area contributed by atoms with Crippen LogP contribution >= 0.6 is 15.9 Å². The molecule has 1 aromatic rings. The van der Waals surface area contributed by atoms with Crippen molar-refractivity contribution in [2.45, 2.75) is 13.8 Å². The largest absolute Gasteiger partial charge is 0.353 e. The summed E-state index contributed by atoms with van der Waals surface area (Å²) in [5.74, 6) is 0.352. The van der Waals surface area contributed by atoms with E-state index in [2.05, 4.69) is 20.9 Å². The molecular formula is C11H17BrN4O2. The molecule has 0 fully saturated rings. The summed E-state index contributed by atoms with van der Waals surface area (Å²) in [6.07, 6.45) is 1.55. The van der Waals surface area contributed by atoms with E-state index in [1.807, 2.05) is 13.8 Å². The molecule has 1 heterocycles. The van der Waals surface area contributed by atoms with E-state index in [0.29, 0.717) is 23.4 Å². The molecule has 6 nitrogen and oxygen atoms in total. The Morgan fingerprint density at radius 3 is 2.72 bits per heavy atom. The molecule has 0 aliphatic rings. The SMILES string of the molecule is CN(CC(C)(C)CN)c1ncc(Br)cc1[N+](=O)[O-]. The molecule has 18 heavy (non-hydrogen) atoms. The van der Waals surface area contributed by atoms with Crippen molar-refractivity contribution in [3.63, 3.8) is 0 Å². The van der Waals surface area contributed by atoms with Crippen molar-refractivity contribution in [1.82, 2.24) is 4.98 Å². The van der Waals surface area contributed by atoms with Crippen LogP contribution in [0.5, 0.6) is 0 Å². The average Bonchev–Trinajstić information content (AvgIpc) is 2.28. The quantitative estimate of drug-likeness (QED) is 0.664. The van der Waals surface area contributed by atoms with Crippen LogP contribution in [0.25, 0.3) is 0 Å². The maximum Gasteiger partial charge on any atom is 0.312 e. The first kappa shape index (κ1) is 14.8. The summed E-state index contributed by atoms with van der Waals surface area (Å²) in [6, 6.07) is 1.45. The van der Waals surface area contributed by atoms with Gasteiger partial charge in [-0.05, 0) is 27.9 Å². The summed E-state index contributed by atoms with van der Waals surface area (Å²) in [5, 5.41) is 11.0. The Morgan fingerprint density at radius 1 is 1.61 bits per heavy atom. The molecule has 0 unspecified atom stereocenters. The van der Waals surface area contributed by atoms with Crippen molar-refractivity contribution in [1.29, 1.82) is 0 Å². The Labute approximate surface area is 114 Å². The Bertz CT molecular complexity index is 451.